The largest absolute Gasteiger partial charge is 0.466 e. The first-order valence-corrected chi connectivity index (χ1v) is 32.5. The van der Waals surface area contributed by atoms with Gasteiger partial charge in [-0.3, -0.25) is 9.59 Å². The van der Waals surface area contributed by atoms with Crippen molar-refractivity contribution in [2.24, 2.45) is 0 Å². The number of unbranched alkanes of at least 4 members (excludes halogenated alkanes) is 50. The number of ether oxygens (including phenoxy) is 1. The smallest absolute Gasteiger partial charge is 0.305 e. The molecule has 0 bridgehead atoms. The zero-order valence-corrected chi connectivity index (χ0v) is 48.2. The van der Waals surface area contributed by atoms with Crippen molar-refractivity contribution >= 4 is 11.9 Å². The second kappa shape index (κ2) is 61.1. The van der Waals surface area contributed by atoms with Gasteiger partial charge >= 0.3 is 5.97 Å². The number of hydrogen-bond acceptors (Lipinski definition) is 5. The predicted octanol–water partition coefficient (Wildman–Crippen LogP) is 20.4. The molecule has 0 rings (SSSR count). The summed E-state index contributed by atoms with van der Waals surface area (Å²) in [6.07, 6.45) is 74.0. The van der Waals surface area contributed by atoms with Crippen LogP contribution in [0, 0.1) is 0 Å². The van der Waals surface area contributed by atoms with Crippen molar-refractivity contribution in [2.75, 3.05) is 13.2 Å². The normalized spacial score (nSPS) is 12.6. The lowest BCUT2D eigenvalue weighted by molar-refractivity contribution is -0.143. The average Bonchev–Trinajstić information content (AvgIpc) is 3.37. The highest BCUT2D eigenvalue weighted by Crippen LogP contribution is 2.18. The van der Waals surface area contributed by atoms with Crippen LogP contribution in [-0.4, -0.2) is 47.4 Å². The quantitative estimate of drug-likeness (QED) is 0.0320. The van der Waals surface area contributed by atoms with E-state index in [-0.39, 0.29) is 18.5 Å². The Hall–Kier alpha value is -1.40. The van der Waals surface area contributed by atoms with Crippen LogP contribution in [0.5, 0.6) is 0 Å². The van der Waals surface area contributed by atoms with E-state index in [1.807, 2.05) is 6.08 Å². The number of aliphatic hydroxyl groups excluding tert-OH is 2. The lowest BCUT2D eigenvalue weighted by Gasteiger charge is -2.20. The molecule has 0 spiro atoms. The molecule has 422 valence electrons. The zero-order valence-electron chi connectivity index (χ0n) is 48.2. The Morgan fingerprint density at radius 1 is 0.380 bits per heavy atom. The first-order chi connectivity index (χ1) is 35.0. The van der Waals surface area contributed by atoms with Crippen molar-refractivity contribution in [1.29, 1.82) is 0 Å². The minimum atomic E-state index is -0.852. The van der Waals surface area contributed by atoms with Crippen LogP contribution in [-0.2, 0) is 14.3 Å². The summed E-state index contributed by atoms with van der Waals surface area (Å²) in [6, 6.07) is -0.636. The predicted molar refractivity (Wildman–Crippen MR) is 310 cm³/mol. The number of nitrogens with one attached hydrogen (secondary N) is 1. The van der Waals surface area contributed by atoms with Crippen molar-refractivity contribution in [3.63, 3.8) is 0 Å². The summed E-state index contributed by atoms with van der Waals surface area (Å²) in [6.45, 7) is 4.92. The molecule has 0 saturated carbocycles. The van der Waals surface area contributed by atoms with Crippen molar-refractivity contribution < 1.29 is 24.5 Å². The number of hydrogen-bond donors (Lipinski definition) is 3. The maximum Gasteiger partial charge on any atom is 0.305 e. The van der Waals surface area contributed by atoms with E-state index in [0.717, 1.165) is 57.8 Å². The molecule has 0 heterocycles. The number of carbonyl (C=O) groups excluding carboxylic acids is 2. The first-order valence-electron chi connectivity index (χ1n) is 32.5. The van der Waals surface area contributed by atoms with Crippen molar-refractivity contribution in [3.8, 4) is 0 Å². The van der Waals surface area contributed by atoms with E-state index in [0.29, 0.717) is 19.4 Å². The molecule has 6 nitrogen and oxygen atoms in total. The van der Waals surface area contributed by atoms with Crippen LogP contribution >= 0.6 is 0 Å². The monoisotopic (exact) mass is 1000 g/mol. The van der Waals surface area contributed by atoms with Gasteiger partial charge in [-0.1, -0.05) is 334 Å². The number of aliphatic hydroxyl groups is 2. The Labute approximate surface area is 444 Å². The van der Waals surface area contributed by atoms with Crippen LogP contribution in [0.15, 0.2) is 12.2 Å². The van der Waals surface area contributed by atoms with Gasteiger partial charge in [0, 0.05) is 12.8 Å². The summed E-state index contributed by atoms with van der Waals surface area (Å²) in [4.78, 5) is 24.6. The third-order valence-corrected chi connectivity index (χ3v) is 15.3. The molecule has 0 radical (unpaired) electrons. The van der Waals surface area contributed by atoms with E-state index in [1.165, 1.54) is 283 Å². The molecule has 0 saturated heterocycles. The SMILES string of the molecule is CCCCCCCCCCCCCCCCCCCCC/C=C/C(O)C(CO)NC(=O)CCCCCCCCCCCCCCCCOC(=O)CCCCCCCCCCCCCCCCCCCCC. The Morgan fingerprint density at radius 3 is 0.958 bits per heavy atom. The molecule has 2 unspecified atom stereocenters. The maximum absolute atomic E-state index is 12.5. The van der Waals surface area contributed by atoms with Crippen molar-refractivity contribution in [1.82, 2.24) is 5.32 Å². The van der Waals surface area contributed by atoms with E-state index in [9.17, 15) is 19.8 Å². The van der Waals surface area contributed by atoms with Gasteiger partial charge in [0.2, 0.25) is 5.91 Å². The highest BCUT2D eigenvalue weighted by molar-refractivity contribution is 5.76. The molecule has 2 atom stereocenters. The van der Waals surface area contributed by atoms with Crippen LogP contribution in [0.1, 0.15) is 367 Å². The molecule has 0 aliphatic carbocycles. The third kappa shape index (κ3) is 57.7. The fourth-order valence-electron chi connectivity index (χ4n) is 10.3. The van der Waals surface area contributed by atoms with Crippen molar-refractivity contribution in [2.45, 2.75) is 379 Å². The molecule has 0 aromatic heterocycles. The summed E-state index contributed by atoms with van der Waals surface area (Å²) in [5.74, 6) is -0.0715. The number of amides is 1. The molecule has 0 aliphatic heterocycles. The molecule has 3 N–H and O–H groups in total. The van der Waals surface area contributed by atoms with E-state index >= 15 is 0 Å². The molecular formula is C65H127NO5. The van der Waals surface area contributed by atoms with E-state index in [1.54, 1.807) is 6.08 Å². The standard InChI is InChI=1S/C65H127NO5/c1-3-5-7-9-11-13-15-17-19-21-23-24-26-27-29-33-37-41-45-49-53-57-63(68)62(61-67)66-64(69)58-54-50-46-42-38-34-31-32-36-40-44-48-52-56-60-71-65(70)59-55-51-47-43-39-35-30-28-25-22-20-18-16-14-12-10-8-6-4-2/h53,57,62-63,67-68H,3-52,54-56,58-61H2,1-2H3,(H,66,69)/b57-53+. The minimum absolute atomic E-state index is 0.00254. The average molecular weight is 1000 g/mol. The summed E-state index contributed by atoms with van der Waals surface area (Å²) in [7, 11) is 0. The van der Waals surface area contributed by atoms with Gasteiger partial charge in [-0.05, 0) is 32.1 Å². The zero-order chi connectivity index (χ0) is 51.4. The molecule has 71 heavy (non-hydrogen) atoms. The number of allylic oxidation sites excluding steroid dienone is 1. The first kappa shape index (κ1) is 69.6. The van der Waals surface area contributed by atoms with Gasteiger partial charge in [0.15, 0.2) is 0 Å². The summed E-state index contributed by atoms with van der Waals surface area (Å²) in [5.41, 5.74) is 0. The molecular weight excluding hydrogens is 875 g/mol. The number of esters is 1. The van der Waals surface area contributed by atoms with E-state index in [4.69, 9.17) is 4.74 Å². The highest BCUT2D eigenvalue weighted by Gasteiger charge is 2.18. The Morgan fingerprint density at radius 2 is 0.648 bits per heavy atom. The highest BCUT2D eigenvalue weighted by atomic mass is 16.5. The van der Waals surface area contributed by atoms with Crippen molar-refractivity contribution in [3.05, 3.63) is 12.2 Å². The third-order valence-electron chi connectivity index (χ3n) is 15.3. The summed E-state index contributed by atoms with van der Waals surface area (Å²) >= 11 is 0. The summed E-state index contributed by atoms with van der Waals surface area (Å²) in [5, 5.41) is 23.2. The van der Waals surface area contributed by atoms with Gasteiger partial charge in [-0.25, -0.2) is 0 Å². The molecule has 0 fully saturated rings. The van der Waals surface area contributed by atoms with Crippen LogP contribution in [0.3, 0.4) is 0 Å². The van der Waals surface area contributed by atoms with Gasteiger partial charge in [-0.2, -0.15) is 0 Å². The second-order valence-electron chi connectivity index (χ2n) is 22.5. The number of carbonyl (C=O) groups is 2. The van der Waals surface area contributed by atoms with E-state index < -0.39 is 12.1 Å². The summed E-state index contributed by atoms with van der Waals surface area (Å²) < 4.78 is 5.50. The maximum atomic E-state index is 12.5. The fourth-order valence-corrected chi connectivity index (χ4v) is 10.3. The second-order valence-corrected chi connectivity index (χ2v) is 22.5. The van der Waals surface area contributed by atoms with Gasteiger partial charge in [0.25, 0.3) is 0 Å². The van der Waals surface area contributed by atoms with Crippen LogP contribution < -0.4 is 5.32 Å². The Bertz CT molecular complexity index is 1060. The van der Waals surface area contributed by atoms with Crippen LogP contribution in [0.25, 0.3) is 0 Å². The molecule has 0 aromatic carbocycles. The minimum Gasteiger partial charge on any atom is -0.466 e. The molecule has 6 heteroatoms. The Balaban J connectivity index is 3.43. The Kier molecular flexibility index (Phi) is 59.9. The number of rotatable bonds is 61. The van der Waals surface area contributed by atoms with Crippen LogP contribution in [0.2, 0.25) is 0 Å². The van der Waals surface area contributed by atoms with Gasteiger partial charge < -0.3 is 20.3 Å². The molecule has 0 aromatic rings. The van der Waals surface area contributed by atoms with E-state index in [2.05, 4.69) is 19.2 Å². The topological polar surface area (TPSA) is 95.9 Å². The van der Waals surface area contributed by atoms with Gasteiger partial charge in [0.1, 0.15) is 0 Å². The lowest BCUT2D eigenvalue weighted by atomic mass is 10.0. The molecule has 1 amide bonds. The van der Waals surface area contributed by atoms with Gasteiger partial charge in [0.05, 0.1) is 25.4 Å². The molecule has 0 aliphatic rings. The lowest BCUT2D eigenvalue weighted by Crippen LogP contribution is -2.45. The van der Waals surface area contributed by atoms with Crippen LogP contribution in [0.4, 0.5) is 0 Å². The van der Waals surface area contributed by atoms with Gasteiger partial charge in [-0.15, -0.1) is 0 Å². The fraction of sp³-hybridized carbons (Fsp3) is 0.938.